The van der Waals surface area contributed by atoms with Crippen LogP contribution in [0.1, 0.15) is 20.8 Å². The second-order valence-electron chi connectivity index (χ2n) is 3.98. The molecular weight excluding hydrogens is 282 g/mol. The normalized spacial score (nSPS) is 10.1. The summed E-state index contributed by atoms with van der Waals surface area (Å²) < 4.78 is 4.65. The van der Waals surface area contributed by atoms with E-state index in [9.17, 15) is 9.59 Å². The first-order valence-electron chi connectivity index (χ1n) is 5.64. The van der Waals surface area contributed by atoms with Gasteiger partial charge in [0.25, 0.3) is 5.91 Å². The lowest BCUT2D eigenvalue weighted by atomic mass is 10.1. The number of amides is 1. The zero-order valence-corrected chi connectivity index (χ0v) is 11.3. The lowest BCUT2D eigenvalue weighted by Crippen LogP contribution is -2.15. The minimum absolute atomic E-state index is 0.213. The molecule has 0 bridgehead atoms. The Kier molecular flexibility index (Phi) is 3.95. The van der Waals surface area contributed by atoms with Gasteiger partial charge in [-0.1, -0.05) is 11.6 Å². The topological polar surface area (TPSA) is 97.2 Å². The molecule has 2 rings (SSSR count). The molecule has 20 heavy (non-hydrogen) atoms. The van der Waals surface area contributed by atoms with Gasteiger partial charge in [0.05, 0.1) is 18.4 Å². The molecule has 1 amide bonds. The average Bonchev–Trinajstić information content (AvgIpc) is 2.85. The number of ether oxygens (including phenoxy) is 1. The highest BCUT2D eigenvalue weighted by atomic mass is 35.5. The van der Waals surface area contributed by atoms with E-state index in [1.54, 1.807) is 0 Å². The maximum absolute atomic E-state index is 12.0. The molecule has 6 nitrogen and oxygen atoms in total. The van der Waals surface area contributed by atoms with E-state index in [-0.39, 0.29) is 16.9 Å². The molecule has 0 aliphatic heterocycles. The Labute approximate surface area is 119 Å². The SMILES string of the molecule is COC(=O)c1ccc(Cl)cc1NC(=O)c1cc(N)c[nH]1. The van der Waals surface area contributed by atoms with Crippen LogP contribution in [0.5, 0.6) is 0 Å². The summed E-state index contributed by atoms with van der Waals surface area (Å²) in [6.45, 7) is 0. The van der Waals surface area contributed by atoms with Crippen LogP contribution in [0, 0.1) is 0 Å². The number of aromatic amines is 1. The first-order valence-corrected chi connectivity index (χ1v) is 6.02. The van der Waals surface area contributed by atoms with Crippen LogP contribution in [-0.4, -0.2) is 24.0 Å². The Morgan fingerprint density at radius 3 is 2.70 bits per heavy atom. The summed E-state index contributed by atoms with van der Waals surface area (Å²) in [6.07, 6.45) is 1.49. The van der Waals surface area contributed by atoms with Gasteiger partial charge >= 0.3 is 5.97 Å². The molecule has 0 atom stereocenters. The molecule has 0 unspecified atom stereocenters. The summed E-state index contributed by atoms with van der Waals surface area (Å²) in [5.41, 5.74) is 6.72. The van der Waals surface area contributed by atoms with Crippen molar-refractivity contribution in [1.82, 2.24) is 4.98 Å². The number of halogens is 1. The van der Waals surface area contributed by atoms with E-state index in [2.05, 4.69) is 15.0 Å². The van der Waals surface area contributed by atoms with E-state index in [0.29, 0.717) is 10.7 Å². The van der Waals surface area contributed by atoms with Crippen LogP contribution in [0.4, 0.5) is 11.4 Å². The van der Waals surface area contributed by atoms with Crippen molar-refractivity contribution in [2.24, 2.45) is 0 Å². The van der Waals surface area contributed by atoms with Gasteiger partial charge < -0.3 is 20.8 Å². The van der Waals surface area contributed by atoms with Crippen LogP contribution in [0.15, 0.2) is 30.5 Å². The maximum atomic E-state index is 12.0. The number of nitrogen functional groups attached to an aromatic ring is 1. The molecule has 0 saturated carbocycles. The van der Waals surface area contributed by atoms with Crippen LogP contribution >= 0.6 is 11.6 Å². The van der Waals surface area contributed by atoms with Crippen LogP contribution < -0.4 is 11.1 Å². The number of nitrogens with one attached hydrogen (secondary N) is 2. The molecule has 0 aliphatic carbocycles. The summed E-state index contributed by atoms with van der Waals surface area (Å²) in [4.78, 5) is 26.3. The molecule has 0 aliphatic rings. The maximum Gasteiger partial charge on any atom is 0.339 e. The number of hydrogen-bond donors (Lipinski definition) is 3. The van der Waals surface area contributed by atoms with Crippen LogP contribution in [0.3, 0.4) is 0 Å². The van der Waals surface area contributed by atoms with Crippen molar-refractivity contribution >= 4 is 34.9 Å². The average molecular weight is 294 g/mol. The quantitative estimate of drug-likeness (QED) is 0.756. The fourth-order valence-corrected chi connectivity index (χ4v) is 1.81. The molecule has 104 valence electrons. The Bertz CT molecular complexity index is 667. The number of anilines is 2. The van der Waals surface area contributed by atoms with Gasteiger partial charge in [-0.15, -0.1) is 0 Å². The lowest BCUT2D eigenvalue weighted by Gasteiger charge is -2.09. The van der Waals surface area contributed by atoms with E-state index >= 15 is 0 Å². The van der Waals surface area contributed by atoms with Crippen LogP contribution in [0.2, 0.25) is 5.02 Å². The van der Waals surface area contributed by atoms with Crippen molar-refractivity contribution in [1.29, 1.82) is 0 Å². The Morgan fingerprint density at radius 2 is 2.10 bits per heavy atom. The molecule has 0 fully saturated rings. The molecule has 1 aromatic carbocycles. The number of carbonyl (C=O) groups is 2. The summed E-state index contributed by atoms with van der Waals surface area (Å²) in [6, 6.07) is 5.97. The van der Waals surface area contributed by atoms with E-state index in [1.165, 1.54) is 37.6 Å². The third kappa shape index (κ3) is 2.92. The van der Waals surface area contributed by atoms with Crippen molar-refractivity contribution in [3.63, 3.8) is 0 Å². The highest BCUT2D eigenvalue weighted by Crippen LogP contribution is 2.22. The first kappa shape index (κ1) is 14.0. The molecule has 4 N–H and O–H groups in total. The number of esters is 1. The van der Waals surface area contributed by atoms with Crippen molar-refractivity contribution in [3.8, 4) is 0 Å². The minimum Gasteiger partial charge on any atom is -0.465 e. The highest BCUT2D eigenvalue weighted by Gasteiger charge is 2.16. The number of H-pyrrole nitrogens is 1. The fourth-order valence-electron chi connectivity index (χ4n) is 1.64. The highest BCUT2D eigenvalue weighted by molar-refractivity contribution is 6.31. The summed E-state index contributed by atoms with van der Waals surface area (Å²) >= 11 is 5.87. The molecule has 1 heterocycles. The number of aromatic nitrogens is 1. The van der Waals surface area contributed by atoms with Gasteiger partial charge in [-0.3, -0.25) is 4.79 Å². The number of carbonyl (C=O) groups excluding carboxylic acids is 2. The predicted octanol–water partition coefficient (Wildman–Crippen LogP) is 2.29. The zero-order chi connectivity index (χ0) is 14.7. The van der Waals surface area contributed by atoms with E-state index in [1.807, 2.05) is 0 Å². The molecule has 2 aromatic rings. The first-order chi connectivity index (χ1) is 9.51. The third-order valence-electron chi connectivity index (χ3n) is 2.59. The summed E-state index contributed by atoms with van der Waals surface area (Å²) in [5.74, 6) is -1.00. The predicted molar refractivity (Wildman–Crippen MR) is 75.9 cm³/mol. The van der Waals surface area contributed by atoms with Crippen LogP contribution in [-0.2, 0) is 4.74 Å². The summed E-state index contributed by atoms with van der Waals surface area (Å²) in [7, 11) is 1.26. The van der Waals surface area contributed by atoms with E-state index < -0.39 is 11.9 Å². The van der Waals surface area contributed by atoms with Gasteiger partial charge in [-0.05, 0) is 24.3 Å². The Hall–Kier alpha value is -2.47. The van der Waals surface area contributed by atoms with Gasteiger partial charge in [-0.25, -0.2) is 4.79 Å². The van der Waals surface area contributed by atoms with Crippen LogP contribution in [0.25, 0.3) is 0 Å². The minimum atomic E-state index is -0.567. The van der Waals surface area contributed by atoms with Gasteiger partial charge in [0.15, 0.2) is 0 Å². The molecule has 7 heteroatoms. The van der Waals surface area contributed by atoms with Crippen molar-refractivity contribution in [2.45, 2.75) is 0 Å². The van der Waals surface area contributed by atoms with Gasteiger partial charge in [0.2, 0.25) is 0 Å². The smallest absolute Gasteiger partial charge is 0.339 e. The molecule has 0 radical (unpaired) electrons. The number of rotatable bonds is 3. The number of methoxy groups -OCH3 is 1. The summed E-state index contributed by atoms with van der Waals surface area (Å²) in [5, 5.41) is 2.97. The largest absolute Gasteiger partial charge is 0.465 e. The van der Waals surface area contributed by atoms with Crippen molar-refractivity contribution in [2.75, 3.05) is 18.2 Å². The zero-order valence-electron chi connectivity index (χ0n) is 10.6. The second kappa shape index (κ2) is 5.66. The Balaban J connectivity index is 2.30. The number of benzene rings is 1. The van der Waals surface area contributed by atoms with E-state index in [0.717, 1.165) is 0 Å². The Morgan fingerprint density at radius 1 is 1.35 bits per heavy atom. The lowest BCUT2D eigenvalue weighted by molar-refractivity contribution is 0.0602. The third-order valence-corrected chi connectivity index (χ3v) is 2.82. The number of nitrogens with two attached hydrogens (primary N) is 1. The number of hydrogen-bond acceptors (Lipinski definition) is 4. The van der Waals surface area contributed by atoms with Gasteiger partial charge in [0.1, 0.15) is 5.69 Å². The second-order valence-corrected chi connectivity index (χ2v) is 4.42. The van der Waals surface area contributed by atoms with Gasteiger partial charge in [0, 0.05) is 16.9 Å². The molecule has 0 saturated heterocycles. The molecule has 1 aromatic heterocycles. The molecular formula is C13H12ClN3O3. The van der Waals surface area contributed by atoms with Gasteiger partial charge in [-0.2, -0.15) is 0 Å². The monoisotopic (exact) mass is 293 g/mol. The standard InChI is InChI=1S/C13H12ClN3O3/c1-20-13(19)9-3-2-7(14)4-10(9)17-12(18)11-5-8(15)6-16-11/h2-6,16H,15H2,1H3,(H,17,18). The fraction of sp³-hybridized carbons (Fsp3) is 0.0769. The van der Waals surface area contributed by atoms with Crippen molar-refractivity contribution < 1.29 is 14.3 Å². The van der Waals surface area contributed by atoms with Crippen molar-refractivity contribution in [3.05, 3.63) is 46.7 Å². The van der Waals surface area contributed by atoms with E-state index in [4.69, 9.17) is 17.3 Å². The molecule has 0 spiro atoms.